The third-order valence-electron chi connectivity index (χ3n) is 4.47. The number of carbonyl (C=O) groups excluding carboxylic acids is 1. The number of nitrogens with one attached hydrogen (secondary N) is 1. The van der Waals surface area contributed by atoms with Gasteiger partial charge in [0, 0.05) is 16.3 Å². The topological polar surface area (TPSA) is 46.9 Å². The van der Waals surface area contributed by atoms with Gasteiger partial charge in [-0.15, -0.1) is 0 Å². The summed E-state index contributed by atoms with van der Waals surface area (Å²) in [4.78, 5) is 17.5. The molecule has 3 aromatic carbocycles. The number of rotatable bonds is 4. The highest BCUT2D eigenvalue weighted by atomic mass is 35.5. The molecule has 4 nitrogen and oxygen atoms in total. The Balaban J connectivity index is 1.72. The summed E-state index contributed by atoms with van der Waals surface area (Å²) >= 11 is 5.91. The molecule has 1 heterocycles. The van der Waals surface area contributed by atoms with Crippen molar-refractivity contribution in [2.24, 2.45) is 0 Å². The van der Waals surface area contributed by atoms with Crippen LogP contribution >= 0.6 is 11.6 Å². The molecule has 0 aliphatic rings. The van der Waals surface area contributed by atoms with E-state index >= 15 is 0 Å². The number of hydrogen-bond acceptors (Lipinski definition) is 2. The highest BCUT2D eigenvalue weighted by molar-refractivity contribution is 6.30. The zero-order valence-electron chi connectivity index (χ0n) is 14.8. The highest BCUT2D eigenvalue weighted by Gasteiger charge is 2.16. The van der Waals surface area contributed by atoms with Gasteiger partial charge in [0.1, 0.15) is 12.4 Å². The second-order valence-electron chi connectivity index (χ2n) is 6.38. The molecule has 0 bridgehead atoms. The Morgan fingerprint density at radius 2 is 1.70 bits per heavy atom. The third kappa shape index (κ3) is 3.57. The highest BCUT2D eigenvalue weighted by Crippen LogP contribution is 2.27. The van der Waals surface area contributed by atoms with Gasteiger partial charge >= 0.3 is 0 Å². The van der Waals surface area contributed by atoms with Crippen LogP contribution in [0.25, 0.3) is 22.4 Å². The number of fused-ring (bicyclic) bond motifs is 1. The number of hydrogen-bond donors (Lipinski definition) is 1. The van der Waals surface area contributed by atoms with Crippen molar-refractivity contribution in [2.45, 2.75) is 13.5 Å². The number of aryl methyl sites for hydroxylation is 1. The van der Waals surface area contributed by atoms with E-state index in [0.29, 0.717) is 10.7 Å². The van der Waals surface area contributed by atoms with Gasteiger partial charge in [0.2, 0.25) is 5.91 Å². The molecule has 1 aromatic heterocycles. The second-order valence-corrected chi connectivity index (χ2v) is 6.82. The Bertz CT molecular complexity index is 1120. The Hall–Kier alpha value is -3.11. The van der Waals surface area contributed by atoms with Gasteiger partial charge in [0.25, 0.3) is 0 Å². The van der Waals surface area contributed by atoms with Gasteiger partial charge in [-0.25, -0.2) is 4.98 Å². The number of imidazole rings is 1. The largest absolute Gasteiger partial charge is 0.325 e. The number of aromatic nitrogens is 2. The smallest absolute Gasteiger partial charge is 0.244 e. The van der Waals surface area contributed by atoms with E-state index in [9.17, 15) is 4.79 Å². The van der Waals surface area contributed by atoms with Crippen molar-refractivity contribution < 1.29 is 4.79 Å². The lowest BCUT2D eigenvalue weighted by molar-refractivity contribution is -0.116. The summed E-state index contributed by atoms with van der Waals surface area (Å²) < 4.78 is 1.96. The molecule has 5 heteroatoms. The van der Waals surface area contributed by atoms with Crippen molar-refractivity contribution in [3.63, 3.8) is 0 Å². The molecule has 0 saturated carbocycles. The van der Waals surface area contributed by atoms with E-state index in [4.69, 9.17) is 16.6 Å². The molecular weight excluding hydrogens is 358 g/mol. The predicted octanol–water partition coefficient (Wildman–Crippen LogP) is 5.30. The van der Waals surface area contributed by atoms with Gasteiger partial charge < -0.3 is 9.88 Å². The van der Waals surface area contributed by atoms with E-state index in [1.807, 2.05) is 60.0 Å². The molecule has 1 amide bonds. The fraction of sp³-hybridized carbons (Fsp3) is 0.0909. The Kier molecular flexibility index (Phi) is 4.65. The van der Waals surface area contributed by atoms with Crippen LogP contribution in [-0.2, 0) is 11.3 Å². The standard InChI is InChI=1S/C22H18ClN3O/c1-15-6-2-3-7-18(15)22-25-19-8-4-5-9-20(19)26(22)14-21(27)24-17-12-10-16(23)11-13-17/h2-13H,14H2,1H3,(H,24,27). The Labute approximate surface area is 162 Å². The molecule has 0 aliphatic carbocycles. The molecule has 134 valence electrons. The molecule has 0 aliphatic heterocycles. The van der Waals surface area contributed by atoms with Crippen LogP contribution in [0.3, 0.4) is 0 Å². The molecule has 27 heavy (non-hydrogen) atoms. The number of carbonyl (C=O) groups is 1. The molecule has 0 saturated heterocycles. The van der Waals surface area contributed by atoms with Crippen molar-refractivity contribution in [3.8, 4) is 11.4 Å². The third-order valence-corrected chi connectivity index (χ3v) is 4.72. The average molecular weight is 376 g/mol. The molecule has 0 radical (unpaired) electrons. The van der Waals surface area contributed by atoms with E-state index in [0.717, 1.165) is 28.0 Å². The molecular formula is C22H18ClN3O. The SMILES string of the molecule is Cc1ccccc1-c1nc2ccccc2n1CC(=O)Nc1ccc(Cl)cc1. The Morgan fingerprint density at radius 1 is 1.00 bits per heavy atom. The molecule has 0 unspecified atom stereocenters. The minimum absolute atomic E-state index is 0.115. The van der Waals surface area contributed by atoms with Gasteiger partial charge in [0.15, 0.2) is 0 Å². The predicted molar refractivity (Wildman–Crippen MR) is 110 cm³/mol. The zero-order valence-corrected chi connectivity index (χ0v) is 15.6. The quantitative estimate of drug-likeness (QED) is 0.525. The van der Waals surface area contributed by atoms with E-state index in [1.165, 1.54) is 0 Å². The summed E-state index contributed by atoms with van der Waals surface area (Å²) in [7, 11) is 0. The zero-order chi connectivity index (χ0) is 18.8. The number of nitrogens with zero attached hydrogens (tertiary/aromatic N) is 2. The maximum atomic E-state index is 12.7. The first-order valence-corrected chi connectivity index (χ1v) is 9.06. The summed E-state index contributed by atoms with van der Waals surface area (Å²) in [5, 5.41) is 3.55. The van der Waals surface area contributed by atoms with Crippen LogP contribution in [0.2, 0.25) is 5.02 Å². The normalized spacial score (nSPS) is 10.9. The monoisotopic (exact) mass is 375 g/mol. The van der Waals surface area contributed by atoms with Crippen molar-refractivity contribution >= 4 is 34.2 Å². The number of benzene rings is 3. The van der Waals surface area contributed by atoms with Crippen molar-refractivity contribution in [3.05, 3.63) is 83.4 Å². The minimum atomic E-state index is -0.115. The summed E-state index contributed by atoms with van der Waals surface area (Å²) in [6.07, 6.45) is 0. The molecule has 4 rings (SSSR count). The molecule has 4 aromatic rings. The summed E-state index contributed by atoms with van der Waals surface area (Å²) in [5.41, 5.74) is 4.66. The first-order chi connectivity index (χ1) is 13.1. The first kappa shape index (κ1) is 17.3. The van der Waals surface area contributed by atoms with Crippen molar-refractivity contribution in [2.75, 3.05) is 5.32 Å². The first-order valence-electron chi connectivity index (χ1n) is 8.68. The maximum Gasteiger partial charge on any atom is 0.244 e. The number of para-hydroxylation sites is 2. The van der Waals surface area contributed by atoms with Gasteiger partial charge in [0.05, 0.1) is 11.0 Å². The molecule has 0 spiro atoms. The number of amides is 1. The summed E-state index contributed by atoms with van der Waals surface area (Å²) in [5.74, 6) is 0.677. The average Bonchev–Trinajstić information content (AvgIpc) is 3.02. The van der Waals surface area contributed by atoms with Crippen LogP contribution in [-0.4, -0.2) is 15.5 Å². The van der Waals surface area contributed by atoms with Gasteiger partial charge in [-0.2, -0.15) is 0 Å². The fourth-order valence-corrected chi connectivity index (χ4v) is 3.27. The minimum Gasteiger partial charge on any atom is -0.325 e. The van der Waals surface area contributed by atoms with Crippen LogP contribution in [0.15, 0.2) is 72.8 Å². The van der Waals surface area contributed by atoms with Crippen LogP contribution in [0.4, 0.5) is 5.69 Å². The van der Waals surface area contributed by atoms with E-state index in [2.05, 4.69) is 5.32 Å². The lowest BCUT2D eigenvalue weighted by Gasteiger charge is -2.11. The molecule has 0 fully saturated rings. The molecule has 1 N–H and O–H groups in total. The molecule has 0 atom stereocenters. The second kappa shape index (κ2) is 7.25. The summed E-state index contributed by atoms with van der Waals surface area (Å²) in [6, 6.07) is 23.0. The van der Waals surface area contributed by atoms with E-state index in [-0.39, 0.29) is 12.5 Å². The van der Waals surface area contributed by atoms with Crippen LogP contribution < -0.4 is 5.32 Å². The van der Waals surface area contributed by atoms with Crippen LogP contribution in [0, 0.1) is 6.92 Å². The van der Waals surface area contributed by atoms with Gasteiger partial charge in [-0.3, -0.25) is 4.79 Å². The lowest BCUT2D eigenvalue weighted by atomic mass is 10.1. The summed E-state index contributed by atoms with van der Waals surface area (Å²) in [6.45, 7) is 2.22. The number of halogens is 1. The fourth-order valence-electron chi connectivity index (χ4n) is 3.14. The number of anilines is 1. The Morgan fingerprint density at radius 3 is 2.48 bits per heavy atom. The van der Waals surface area contributed by atoms with E-state index < -0.39 is 0 Å². The van der Waals surface area contributed by atoms with Crippen molar-refractivity contribution in [1.82, 2.24) is 9.55 Å². The lowest BCUT2D eigenvalue weighted by Crippen LogP contribution is -2.19. The maximum absolute atomic E-state index is 12.7. The van der Waals surface area contributed by atoms with Crippen LogP contribution in [0.1, 0.15) is 5.56 Å². The van der Waals surface area contributed by atoms with Gasteiger partial charge in [-0.05, 0) is 48.9 Å². The van der Waals surface area contributed by atoms with Crippen LogP contribution in [0.5, 0.6) is 0 Å². The van der Waals surface area contributed by atoms with E-state index in [1.54, 1.807) is 24.3 Å². The van der Waals surface area contributed by atoms with Crippen molar-refractivity contribution in [1.29, 1.82) is 0 Å². The van der Waals surface area contributed by atoms with Gasteiger partial charge in [-0.1, -0.05) is 48.0 Å².